The molecule has 1 heterocycles. The van der Waals surface area contributed by atoms with Gasteiger partial charge in [-0.15, -0.1) is 0 Å². The minimum Gasteiger partial charge on any atom is -0.497 e. The fourth-order valence-electron chi connectivity index (χ4n) is 1.84. The van der Waals surface area contributed by atoms with Crippen molar-refractivity contribution in [3.05, 3.63) is 29.8 Å². The van der Waals surface area contributed by atoms with E-state index in [1.807, 2.05) is 31.2 Å². The van der Waals surface area contributed by atoms with Gasteiger partial charge in [-0.3, -0.25) is 4.21 Å². The van der Waals surface area contributed by atoms with Gasteiger partial charge in [0.1, 0.15) is 5.75 Å². The molecule has 1 aliphatic heterocycles. The lowest BCUT2D eigenvalue weighted by molar-refractivity contribution is 0.414. The highest BCUT2D eigenvalue weighted by atomic mass is 32.2. The standard InChI is InChI=1S/C12H17NO2S/c1-9-7-13-12(8-16(9)14)10-3-5-11(15-2)6-4-10/h3-6,9,12-13H,7-8H2,1-2H3. The first kappa shape index (κ1) is 11.6. The van der Waals surface area contributed by atoms with Crippen LogP contribution in [0.5, 0.6) is 5.75 Å². The molecule has 3 nitrogen and oxygen atoms in total. The monoisotopic (exact) mass is 239 g/mol. The highest BCUT2D eigenvalue weighted by Gasteiger charge is 2.24. The van der Waals surface area contributed by atoms with E-state index in [2.05, 4.69) is 5.32 Å². The maximum absolute atomic E-state index is 11.7. The average Bonchev–Trinajstić information content (AvgIpc) is 2.33. The number of hydrogen-bond donors (Lipinski definition) is 1. The molecule has 16 heavy (non-hydrogen) atoms. The summed E-state index contributed by atoms with van der Waals surface area (Å²) in [6.07, 6.45) is 0. The molecule has 1 aromatic rings. The minimum absolute atomic E-state index is 0.211. The summed E-state index contributed by atoms with van der Waals surface area (Å²) in [7, 11) is 0.941. The van der Waals surface area contributed by atoms with Gasteiger partial charge in [0.2, 0.25) is 0 Å². The lowest BCUT2D eigenvalue weighted by atomic mass is 10.1. The lowest BCUT2D eigenvalue weighted by Crippen LogP contribution is -2.41. The first-order valence-electron chi connectivity index (χ1n) is 5.45. The fourth-order valence-corrected chi connectivity index (χ4v) is 3.09. The second-order valence-electron chi connectivity index (χ2n) is 4.09. The summed E-state index contributed by atoms with van der Waals surface area (Å²) < 4.78 is 16.9. The van der Waals surface area contributed by atoms with Crippen molar-refractivity contribution in [1.29, 1.82) is 0 Å². The molecule has 1 fully saturated rings. The van der Waals surface area contributed by atoms with Gasteiger partial charge >= 0.3 is 0 Å². The van der Waals surface area contributed by atoms with E-state index in [1.165, 1.54) is 5.56 Å². The van der Waals surface area contributed by atoms with E-state index in [-0.39, 0.29) is 11.3 Å². The fraction of sp³-hybridized carbons (Fsp3) is 0.500. The van der Waals surface area contributed by atoms with Crippen LogP contribution in [-0.4, -0.2) is 28.9 Å². The maximum atomic E-state index is 11.7. The predicted molar refractivity (Wildman–Crippen MR) is 66.2 cm³/mol. The molecule has 0 radical (unpaired) electrons. The van der Waals surface area contributed by atoms with Gasteiger partial charge in [0.05, 0.1) is 7.11 Å². The Kier molecular flexibility index (Phi) is 3.61. The third kappa shape index (κ3) is 2.44. The first-order valence-corrected chi connectivity index (χ1v) is 6.83. The van der Waals surface area contributed by atoms with Crippen molar-refractivity contribution in [2.24, 2.45) is 0 Å². The van der Waals surface area contributed by atoms with E-state index < -0.39 is 10.8 Å². The van der Waals surface area contributed by atoms with E-state index >= 15 is 0 Å². The molecule has 4 heteroatoms. The number of ether oxygens (including phenoxy) is 1. The van der Waals surface area contributed by atoms with Gasteiger partial charge in [0.25, 0.3) is 0 Å². The Hall–Kier alpha value is -0.870. The summed E-state index contributed by atoms with van der Waals surface area (Å²) in [5, 5.41) is 3.68. The van der Waals surface area contributed by atoms with Gasteiger partial charge in [-0.2, -0.15) is 0 Å². The molecule has 0 aromatic heterocycles. The molecule has 2 rings (SSSR count). The highest BCUT2D eigenvalue weighted by molar-refractivity contribution is 7.85. The maximum Gasteiger partial charge on any atom is 0.118 e. The number of benzene rings is 1. The van der Waals surface area contributed by atoms with E-state index in [0.29, 0.717) is 5.75 Å². The number of hydrogen-bond acceptors (Lipinski definition) is 3. The molecule has 88 valence electrons. The summed E-state index contributed by atoms with van der Waals surface area (Å²) in [4.78, 5) is 0. The molecule has 0 aliphatic carbocycles. The van der Waals surface area contributed by atoms with Crippen molar-refractivity contribution < 1.29 is 8.95 Å². The zero-order valence-electron chi connectivity index (χ0n) is 9.60. The summed E-state index contributed by atoms with van der Waals surface area (Å²) in [6.45, 7) is 2.84. The van der Waals surface area contributed by atoms with Gasteiger partial charge in [-0.05, 0) is 24.6 Å². The summed E-state index contributed by atoms with van der Waals surface area (Å²) in [5.74, 6) is 1.56. The normalized spacial score (nSPS) is 30.0. The van der Waals surface area contributed by atoms with Gasteiger partial charge in [0.15, 0.2) is 0 Å². The van der Waals surface area contributed by atoms with Crippen molar-refractivity contribution in [2.75, 3.05) is 19.4 Å². The first-order chi connectivity index (χ1) is 7.70. The largest absolute Gasteiger partial charge is 0.497 e. The second-order valence-corrected chi connectivity index (χ2v) is 5.99. The third-order valence-corrected chi connectivity index (χ3v) is 4.68. The van der Waals surface area contributed by atoms with Crippen LogP contribution < -0.4 is 10.1 Å². The smallest absolute Gasteiger partial charge is 0.118 e. The quantitative estimate of drug-likeness (QED) is 0.849. The molecular formula is C12H17NO2S. The average molecular weight is 239 g/mol. The van der Waals surface area contributed by atoms with Crippen LogP contribution in [-0.2, 0) is 10.8 Å². The molecule has 0 amide bonds. The van der Waals surface area contributed by atoms with Crippen molar-refractivity contribution in [3.8, 4) is 5.75 Å². The van der Waals surface area contributed by atoms with Crippen LogP contribution >= 0.6 is 0 Å². The second kappa shape index (κ2) is 4.97. The van der Waals surface area contributed by atoms with Crippen LogP contribution in [0.15, 0.2) is 24.3 Å². The molecule has 3 unspecified atom stereocenters. The highest BCUT2D eigenvalue weighted by Crippen LogP contribution is 2.21. The van der Waals surface area contributed by atoms with Crippen molar-refractivity contribution in [2.45, 2.75) is 18.2 Å². The van der Waals surface area contributed by atoms with Crippen molar-refractivity contribution in [1.82, 2.24) is 5.32 Å². The van der Waals surface area contributed by atoms with Gasteiger partial charge in [-0.25, -0.2) is 0 Å². The number of nitrogens with one attached hydrogen (secondary N) is 1. The van der Waals surface area contributed by atoms with Crippen molar-refractivity contribution >= 4 is 10.8 Å². The molecule has 0 saturated carbocycles. The number of methoxy groups -OCH3 is 1. The van der Waals surface area contributed by atoms with Crippen LogP contribution in [0.2, 0.25) is 0 Å². The molecule has 1 aromatic carbocycles. The van der Waals surface area contributed by atoms with Crippen LogP contribution in [0.25, 0.3) is 0 Å². The zero-order chi connectivity index (χ0) is 11.5. The van der Waals surface area contributed by atoms with Crippen LogP contribution in [0, 0.1) is 0 Å². The molecular weight excluding hydrogens is 222 g/mol. The van der Waals surface area contributed by atoms with E-state index in [9.17, 15) is 4.21 Å². The summed E-state index contributed by atoms with van der Waals surface area (Å²) in [6, 6.07) is 8.16. The Labute approximate surface area is 98.7 Å². The Bertz CT molecular complexity index is 377. The molecule has 3 atom stereocenters. The topological polar surface area (TPSA) is 38.3 Å². The minimum atomic E-state index is -0.716. The van der Waals surface area contributed by atoms with E-state index in [4.69, 9.17) is 4.74 Å². The molecule has 0 bridgehead atoms. The van der Waals surface area contributed by atoms with Crippen LogP contribution in [0.1, 0.15) is 18.5 Å². The van der Waals surface area contributed by atoms with E-state index in [0.717, 1.165) is 12.3 Å². The molecule has 1 saturated heterocycles. The van der Waals surface area contributed by atoms with Crippen LogP contribution in [0.3, 0.4) is 0 Å². The Morgan fingerprint density at radius 2 is 2.06 bits per heavy atom. The third-order valence-electron chi connectivity index (χ3n) is 2.95. The van der Waals surface area contributed by atoms with Crippen LogP contribution in [0.4, 0.5) is 0 Å². The molecule has 0 spiro atoms. The number of rotatable bonds is 2. The SMILES string of the molecule is COc1ccc(C2CS(=O)C(C)CN2)cc1. The van der Waals surface area contributed by atoms with Crippen molar-refractivity contribution in [3.63, 3.8) is 0 Å². The molecule has 1 aliphatic rings. The lowest BCUT2D eigenvalue weighted by Gasteiger charge is -2.27. The van der Waals surface area contributed by atoms with Gasteiger partial charge in [0, 0.05) is 34.4 Å². The summed E-state index contributed by atoms with van der Waals surface area (Å²) in [5.41, 5.74) is 1.18. The Morgan fingerprint density at radius 1 is 1.38 bits per heavy atom. The molecule has 1 N–H and O–H groups in total. The Morgan fingerprint density at radius 3 is 2.62 bits per heavy atom. The van der Waals surface area contributed by atoms with E-state index in [1.54, 1.807) is 7.11 Å². The Balaban J connectivity index is 2.09. The van der Waals surface area contributed by atoms with Gasteiger partial charge < -0.3 is 10.1 Å². The predicted octanol–water partition coefficient (Wildman–Crippen LogP) is 1.48. The van der Waals surface area contributed by atoms with Gasteiger partial charge in [-0.1, -0.05) is 12.1 Å². The zero-order valence-corrected chi connectivity index (χ0v) is 10.4. The summed E-state index contributed by atoms with van der Waals surface area (Å²) >= 11 is 0.